The third-order valence-corrected chi connectivity index (χ3v) is 2.47. The quantitative estimate of drug-likeness (QED) is 0.576. The minimum Gasteiger partial charge on any atom is -0.493 e. The van der Waals surface area contributed by atoms with Crippen LogP contribution in [0.1, 0.15) is 20.3 Å². The van der Waals surface area contributed by atoms with Gasteiger partial charge in [-0.3, -0.25) is 4.79 Å². The van der Waals surface area contributed by atoms with Gasteiger partial charge in [0, 0.05) is 11.8 Å². The van der Waals surface area contributed by atoms with Crippen molar-refractivity contribution in [3.05, 3.63) is 24.3 Å². The van der Waals surface area contributed by atoms with Crippen molar-refractivity contribution in [2.45, 2.75) is 26.3 Å². The molecule has 1 aromatic rings. The Morgan fingerprint density at radius 3 is 2.80 bits per heavy atom. The van der Waals surface area contributed by atoms with Crippen LogP contribution >= 0.6 is 0 Å². The number of hydrogen-bond donors (Lipinski definition) is 2. The lowest BCUT2D eigenvalue weighted by Crippen LogP contribution is -2.40. The first kappa shape index (κ1) is 15.8. The molecule has 1 aromatic carbocycles. The molecule has 0 fully saturated rings. The molecule has 6 nitrogen and oxygen atoms in total. The predicted octanol–water partition coefficient (Wildman–Crippen LogP) is 1.11. The molecular formula is C14H20N2O4. The van der Waals surface area contributed by atoms with Gasteiger partial charge in [0.1, 0.15) is 11.8 Å². The Morgan fingerprint density at radius 1 is 1.40 bits per heavy atom. The summed E-state index contributed by atoms with van der Waals surface area (Å²) in [5.41, 5.74) is 6.21. The maximum atomic E-state index is 11.6. The molecule has 1 rings (SSSR count). The summed E-state index contributed by atoms with van der Waals surface area (Å²) in [5, 5.41) is 2.54. The van der Waals surface area contributed by atoms with Crippen LogP contribution in [-0.2, 0) is 14.3 Å². The Balaban J connectivity index is 2.28. The topological polar surface area (TPSA) is 90.6 Å². The Labute approximate surface area is 118 Å². The highest BCUT2D eigenvalue weighted by molar-refractivity contribution is 5.84. The molecule has 0 spiro atoms. The number of nitrogens with two attached hydrogens (primary N) is 1. The van der Waals surface area contributed by atoms with E-state index in [1.54, 1.807) is 38.1 Å². The van der Waals surface area contributed by atoms with Crippen LogP contribution in [0.4, 0.5) is 5.69 Å². The van der Waals surface area contributed by atoms with Gasteiger partial charge in [0.05, 0.1) is 19.6 Å². The van der Waals surface area contributed by atoms with E-state index in [-0.39, 0.29) is 25.5 Å². The second-order valence-corrected chi connectivity index (χ2v) is 4.21. The lowest BCUT2D eigenvalue weighted by atomic mass is 10.3. The van der Waals surface area contributed by atoms with Crippen molar-refractivity contribution in [2.75, 3.05) is 18.9 Å². The number of esters is 1. The van der Waals surface area contributed by atoms with E-state index < -0.39 is 12.0 Å². The summed E-state index contributed by atoms with van der Waals surface area (Å²) in [6.45, 7) is 3.79. The molecule has 0 saturated heterocycles. The Hall–Kier alpha value is -2.24. The molecule has 1 atom stereocenters. The highest BCUT2D eigenvalue weighted by Crippen LogP contribution is 2.14. The summed E-state index contributed by atoms with van der Waals surface area (Å²) < 4.78 is 10.2. The van der Waals surface area contributed by atoms with Gasteiger partial charge in [-0.25, -0.2) is 4.79 Å². The molecule has 0 aliphatic heterocycles. The molecule has 1 amide bonds. The number of benzene rings is 1. The number of rotatable bonds is 7. The molecule has 1 unspecified atom stereocenters. The van der Waals surface area contributed by atoms with Crippen molar-refractivity contribution >= 4 is 17.6 Å². The molecule has 20 heavy (non-hydrogen) atoms. The van der Waals surface area contributed by atoms with Crippen LogP contribution in [0.15, 0.2) is 24.3 Å². The minimum absolute atomic E-state index is 0.151. The zero-order chi connectivity index (χ0) is 15.0. The summed E-state index contributed by atoms with van der Waals surface area (Å²) in [6.07, 6.45) is 0.151. The van der Waals surface area contributed by atoms with E-state index in [0.29, 0.717) is 11.4 Å². The van der Waals surface area contributed by atoms with Gasteiger partial charge in [-0.1, -0.05) is 6.07 Å². The van der Waals surface area contributed by atoms with Crippen molar-refractivity contribution in [1.29, 1.82) is 0 Å². The van der Waals surface area contributed by atoms with E-state index in [9.17, 15) is 9.59 Å². The number of carbonyl (C=O) groups is 2. The fourth-order valence-corrected chi connectivity index (χ4v) is 1.51. The average Bonchev–Trinajstić information content (AvgIpc) is 2.39. The largest absolute Gasteiger partial charge is 0.493 e. The van der Waals surface area contributed by atoms with Crippen LogP contribution in [0.5, 0.6) is 5.75 Å². The summed E-state index contributed by atoms with van der Waals surface area (Å²) in [6, 6.07) is 6.30. The van der Waals surface area contributed by atoms with Crippen molar-refractivity contribution in [1.82, 2.24) is 5.32 Å². The molecule has 110 valence electrons. The van der Waals surface area contributed by atoms with Crippen molar-refractivity contribution < 1.29 is 19.1 Å². The van der Waals surface area contributed by atoms with Gasteiger partial charge in [-0.2, -0.15) is 0 Å². The average molecular weight is 280 g/mol. The third kappa shape index (κ3) is 5.60. The summed E-state index contributed by atoms with van der Waals surface area (Å²) in [4.78, 5) is 22.9. The maximum Gasteiger partial charge on any atom is 0.328 e. The van der Waals surface area contributed by atoms with E-state index in [0.717, 1.165) is 0 Å². The predicted molar refractivity (Wildman–Crippen MR) is 75.2 cm³/mol. The van der Waals surface area contributed by atoms with Gasteiger partial charge >= 0.3 is 5.97 Å². The summed E-state index contributed by atoms with van der Waals surface area (Å²) >= 11 is 0. The SMILES string of the molecule is CCOC(=O)C(C)NC(=O)CCOc1cccc(N)c1. The smallest absolute Gasteiger partial charge is 0.328 e. The number of hydrogen-bond acceptors (Lipinski definition) is 5. The number of ether oxygens (including phenoxy) is 2. The minimum atomic E-state index is -0.658. The lowest BCUT2D eigenvalue weighted by Gasteiger charge is -2.12. The van der Waals surface area contributed by atoms with Crippen LogP contribution in [0.2, 0.25) is 0 Å². The van der Waals surface area contributed by atoms with Gasteiger partial charge in [-0.05, 0) is 26.0 Å². The number of nitrogen functional groups attached to an aromatic ring is 1. The zero-order valence-corrected chi connectivity index (χ0v) is 11.7. The molecule has 0 saturated carbocycles. The highest BCUT2D eigenvalue weighted by Gasteiger charge is 2.16. The summed E-state index contributed by atoms with van der Waals surface area (Å²) in [5.74, 6) is -0.108. The number of amides is 1. The monoisotopic (exact) mass is 280 g/mol. The first-order valence-corrected chi connectivity index (χ1v) is 6.47. The van der Waals surface area contributed by atoms with Crippen LogP contribution in [-0.4, -0.2) is 31.1 Å². The van der Waals surface area contributed by atoms with Gasteiger partial charge in [-0.15, -0.1) is 0 Å². The van der Waals surface area contributed by atoms with E-state index >= 15 is 0 Å². The van der Waals surface area contributed by atoms with E-state index in [2.05, 4.69) is 5.32 Å². The van der Waals surface area contributed by atoms with Crippen molar-refractivity contribution in [2.24, 2.45) is 0 Å². The molecule has 0 bridgehead atoms. The second-order valence-electron chi connectivity index (χ2n) is 4.21. The zero-order valence-electron chi connectivity index (χ0n) is 11.7. The maximum absolute atomic E-state index is 11.6. The van der Waals surface area contributed by atoms with Crippen LogP contribution < -0.4 is 15.8 Å². The molecule has 0 aliphatic rings. The van der Waals surface area contributed by atoms with E-state index in [4.69, 9.17) is 15.2 Å². The normalized spacial score (nSPS) is 11.5. The first-order valence-electron chi connectivity index (χ1n) is 6.47. The van der Waals surface area contributed by atoms with Crippen LogP contribution in [0, 0.1) is 0 Å². The Morgan fingerprint density at radius 2 is 2.15 bits per heavy atom. The first-order chi connectivity index (χ1) is 9.52. The van der Waals surface area contributed by atoms with Crippen molar-refractivity contribution in [3.63, 3.8) is 0 Å². The standard InChI is InChI=1S/C14H20N2O4/c1-3-19-14(18)10(2)16-13(17)7-8-20-12-6-4-5-11(15)9-12/h4-6,9-10H,3,7-8,15H2,1-2H3,(H,16,17). The van der Waals surface area contributed by atoms with Gasteiger partial charge in [0.25, 0.3) is 0 Å². The fourth-order valence-electron chi connectivity index (χ4n) is 1.51. The lowest BCUT2D eigenvalue weighted by molar-refractivity contribution is -0.146. The molecule has 3 N–H and O–H groups in total. The van der Waals surface area contributed by atoms with Crippen LogP contribution in [0.3, 0.4) is 0 Å². The Bertz CT molecular complexity index is 462. The number of nitrogens with one attached hydrogen (secondary N) is 1. The van der Waals surface area contributed by atoms with Gasteiger partial charge < -0.3 is 20.5 Å². The molecule has 6 heteroatoms. The third-order valence-electron chi connectivity index (χ3n) is 2.47. The van der Waals surface area contributed by atoms with Gasteiger partial charge in [0.15, 0.2) is 0 Å². The van der Waals surface area contributed by atoms with Crippen LogP contribution in [0.25, 0.3) is 0 Å². The van der Waals surface area contributed by atoms with Gasteiger partial charge in [0.2, 0.25) is 5.91 Å². The van der Waals surface area contributed by atoms with Crippen molar-refractivity contribution in [3.8, 4) is 5.75 Å². The molecule has 0 aromatic heterocycles. The fraction of sp³-hybridized carbons (Fsp3) is 0.429. The Kier molecular flexibility index (Phi) is 6.36. The molecular weight excluding hydrogens is 260 g/mol. The number of anilines is 1. The second kappa shape index (κ2) is 8.04. The molecule has 0 heterocycles. The highest BCUT2D eigenvalue weighted by atomic mass is 16.5. The van der Waals surface area contributed by atoms with E-state index in [1.807, 2.05) is 0 Å². The number of carbonyl (C=O) groups excluding carboxylic acids is 2. The summed E-state index contributed by atoms with van der Waals surface area (Å²) in [7, 11) is 0. The molecule has 0 radical (unpaired) electrons. The van der Waals surface area contributed by atoms with E-state index in [1.165, 1.54) is 0 Å². The molecule has 0 aliphatic carbocycles.